The molecule has 2 aromatic carbocycles. The number of allylic oxidation sites excluding steroid dienone is 2. The summed E-state index contributed by atoms with van der Waals surface area (Å²) in [5.41, 5.74) is 3.57. The van der Waals surface area contributed by atoms with E-state index in [1.54, 1.807) is 12.1 Å². The molecule has 0 aliphatic heterocycles. The molecule has 0 radical (unpaired) electrons. The molecule has 0 saturated heterocycles. The quantitative estimate of drug-likeness (QED) is 0.580. The van der Waals surface area contributed by atoms with E-state index in [4.69, 9.17) is 0 Å². The highest BCUT2D eigenvalue weighted by molar-refractivity contribution is 9.10. The summed E-state index contributed by atoms with van der Waals surface area (Å²) in [7, 11) is 4.13. The van der Waals surface area contributed by atoms with Crippen LogP contribution in [0.2, 0.25) is 0 Å². The number of benzene rings is 2. The number of phenolic OH excluding ortho intramolecular Hbond substituents is 1. The highest BCUT2D eigenvalue weighted by Gasteiger charge is 2.01. The topological polar surface area (TPSA) is 23.5 Å². The van der Waals surface area contributed by atoms with Crippen molar-refractivity contribution in [2.75, 3.05) is 19.0 Å². The Morgan fingerprint density at radius 1 is 0.958 bits per heavy atom. The minimum atomic E-state index is 0.307. The summed E-state index contributed by atoms with van der Waals surface area (Å²) in [4.78, 5) is 2.13. The summed E-state index contributed by atoms with van der Waals surface area (Å²) in [6.45, 7) is 0. The number of rotatable bonds is 7. The summed E-state index contributed by atoms with van der Waals surface area (Å²) in [5.74, 6) is 0.307. The maximum atomic E-state index is 9.25. The molecule has 0 heterocycles. The predicted octanol–water partition coefficient (Wildman–Crippen LogP) is 6.12. The summed E-state index contributed by atoms with van der Waals surface area (Å²) in [5, 5.41) is 9.25. The van der Waals surface area contributed by atoms with Crippen molar-refractivity contribution in [1.82, 2.24) is 0 Å². The summed E-state index contributed by atoms with van der Waals surface area (Å²) < 4.78 is 1.10. The van der Waals surface area contributed by atoms with E-state index in [1.165, 1.54) is 11.3 Å². The molecule has 0 aliphatic rings. The average Bonchev–Trinajstić information content (AvgIpc) is 2.55. The fraction of sp³-hybridized carbons (Fsp3) is 0.238. The SMILES string of the molecule is CN(C)c1ccc(Br)cc1/C=C/CCC/C=C/c1ccc(O)cc1. The van der Waals surface area contributed by atoms with Gasteiger partial charge in [0.1, 0.15) is 5.75 Å². The lowest BCUT2D eigenvalue weighted by atomic mass is 10.1. The Balaban J connectivity index is 1.81. The summed E-state index contributed by atoms with van der Waals surface area (Å²) >= 11 is 3.54. The van der Waals surface area contributed by atoms with Crippen LogP contribution in [0, 0.1) is 0 Å². The van der Waals surface area contributed by atoms with Gasteiger partial charge in [0.15, 0.2) is 0 Å². The summed E-state index contributed by atoms with van der Waals surface area (Å²) in [6, 6.07) is 13.6. The van der Waals surface area contributed by atoms with Crippen LogP contribution in [-0.4, -0.2) is 19.2 Å². The first-order chi connectivity index (χ1) is 11.6. The first-order valence-electron chi connectivity index (χ1n) is 8.15. The van der Waals surface area contributed by atoms with E-state index in [0.717, 1.165) is 29.3 Å². The second-order valence-electron chi connectivity index (χ2n) is 5.92. The molecule has 0 spiro atoms. The van der Waals surface area contributed by atoms with Gasteiger partial charge in [-0.2, -0.15) is 0 Å². The second-order valence-corrected chi connectivity index (χ2v) is 6.84. The third-order valence-electron chi connectivity index (χ3n) is 3.71. The van der Waals surface area contributed by atoms with E-state index >= 15 is 0 Å². The van der Waals surface area contributed by atoms with Crippen LogP contribution in [-0.2, 0) is 0 Å². The fourth-order valence-corrected chi connectivity index (χ4v) is 2.81. The van der Waals surface area contributed by atoms with Crippen LogP contribution in [0.15, 0.2) is 59.1 Å². The van der Waals surface area contributed by atoms with Crippen LogP contribution in [0.1, 0.15) is 30.4 Å². The van der Waals surface area contributed by atoms with Crippen molar-refractivity contribution in [3.05, 3.63) is 70.2 Å². The highest BCUT2D eigenvalue weighted by Crippen LogP contribution is 2.24. The van der Waals surface area contributed by atoms with Gasteiger partial charge in [-0.25, -0.2) is 0 Å². The van der Waals surface area contributed by atoms with Gasteiger partial charge < -0.3 is 10.0 Å². The van der Waals surface area contributed by atoms with Gasteiger partial charge in [0.05, 0.1) is 0 Å². The van der Waals surface area contributed by atoms with Gasteiger partial charge in [-0.15, -0.1) is 0 Å². The van der Waals surface area contributed by atoms with E-state index in [1.807, 2.05) is 12.1 Å². The Hall–Kier alpha value is -2.00. The molecule has 2 aromatic rings. The van der Waals surface area contributed by atoms with Crippen molar-refractivity contribution in [2.45, 2.75) is 19.3 Å². The third kappa shape index (κ3) is 5.89. The largest absolute Gasteiger partial charge is 0.508 e. The Labute approximate surface area is 153 Å². The Morgan fingerprint density at radius 3 is 2.29 bits per heavy atom. The smallest absolute Gasteiger partial charge is 0.115 e. The molecule has 0 fully saturated rings. The number of halogens is 1. The lowest BCUT2D eigenvalue weighted by Crippen LogP contribution is -2.09. The lowest BCUT2D eigenvalue weighted by molar-refractivity contribution is 0.475. The molecule has 2 rings (SSSR count). The first-order valence-corrected chi connectivity index (χ1v) is 8.94. The number of hydrogen-bond donors (Lipinski definition) is 1. The molecule has 0 aromatic heterocycles. The van der Waals surface area contributed by atoms with Gasteiger partial charge in [0.25, 0.3) is 0 Å². The Kier molecular flexibility index (Phi) is 7.13. The van der Waals surface area contributed by atoms with Gasteiger partial charge >= 0.3 is 0 Å². The van der Waals surface area contributed by atoms with Crippen LogP contribution in [0.25, 0.3) is 12.2 Å². The van der Waals surface area contributed by atoms with E-state index in [-0.39, 0.29) is 0 Å². The molecule has 0 unspecified atom stereocenters. The third-order valence-corrected chi connectivity index (χ3v) is 4.21. The number of unbranched alkanes of at least 4 members (excludes halogenated alkanes) is 2. The zero-order valence-electron chi connectivity index (χ0n) is 14.2. The van der Waals surface area contributed by atoms with Crippen molar-refractivity contribution >= 4 is 33.8 Å². The molecule has 0 bridgehead atoms. The molecule has 0 atom stereocenters. The fourth-order valence-electron chi connectivity index (χ4n) is 2.43. The average molecular weight is 386 g/mol. The molecule has 2 nitrogen and oxygen atoms in total. The number of hydrogen-bond acceptors (Lipinski definition) is 2. The molecule has 3 heteroatoms. The Bertz CT molecular complexity index is 702. The number of anilines is 1. The lowest BCUT2D eigenvalue weighted by Gasteiger charge is -2.15. The highest BCUT2D eigenvalue weighted by atomic mass is 79.9. The first kappa shape index (κ1) is 18.3. The predicted molar refractivity (Wildman–Crippen MR) is 108 cm³/mol. The monoisotopic (exact) mass is 385 g/mol. The van der Waals surface area contributed by atoms with Crippen LogP contribution in [0.5, 0.6) is 5.75 Å². The van der Waals surface area contributed by atoms with Crippen molar-refractivity contribution in [1.29, 1.82) is 0 Å². The zero-order chi connectivity index (χ0) is 17.4. The van der Waals surface area contributed by atoms with Crippen LogP contribution in [0.3, 0.4) is 0 Å². The van der Waals surface area contributed by atoms with E-state index in [2.05, 4.69) is 77.4 Å². The molecular formula is C21H24BrNO. The molecule has 1 N–H and O–H groups in total. The maximum absolute atomic E-state index is 9.25. The number of nitrogens with zero attached hydrogens (tertiary/aromatic N) is 1. The van der Waals surface area contributed by atoms with Crippen LogP contribution < -0.4 is 4.90 Å². The molecule has 0 amide bonds. The van der Waals surface area contributed by atoms with Crippen molar-refractivity contribution in [3.8, 4) is 5.75 Å². The van der Waals surface area contributed by atoms with E-state index in [9.17, 15) is 5.11 Å². The van der Waals surface area contributed by atoms with Crippen molar-refractivity contribution in [2.24, 2.45) is 0 Å². The molecule has 0 saturated carbocycles. The molecule has 0 aliphatic carbocycles. The number of phenols is 1. The van der Waals surface area contributed by atoms with Crippen molar-refractivity contribution < 1.29 is 5.11 Å². The Morgan fingerprint density at radius 2 is 1.62 bits per heavy atom. The minimum absolute atomic E-state index is 0.307. The molecular weight excluding hydrogens is 362 g/mol. The van der Waals surface area contributed by atoms with E-state index in [0.29, 0.717) is 5.75 Å². The number of aromatic hydroxyl groups is 1. The molecule has 126 valence electrons. The minimum Gasteiger partial charge on any atom is -0.508 e. The standard InChI is InChI=1S/C21H24BrNO/c1-23(2)21-15-12-19(22)16-18(21)9-7-5-3-4-6-8-17-10-13-20(24)14-11-17/h6-16,24H,3-5H2,1-2H3/b8-6+,9-7+. The zero-order valence-corrected chi connectivity index (χ0v) is 15.8. The van der Waals surface area contributed by atoms with Crippen molar-refractivity contribution in [3.63, 3.8) is 0 Å². The van der Waals surface area contributed by atoms with Crippen LogP contribution in [0.4, 0.5) is 5.69 Å². The van der Waals surface area contributed by atoms with Gasteiger partial charge in [0.2, 0.25) is 0 Å². The van der Waals surface area contributed by atoms with Gasteiger partial charge in [-0.05, 0) is 60.7 Å². The maximum Gasteiger partial charge on any atom is 0.115 e. The second kappa shape index (κ2) is 9.33. The van der Waals surface area contributed by atoms with Gasteiger partial charge in [-0.1, -0.05) is 52.4 Å². The van der Waals surface area contributed by atoms with Gasteiger partial charge in [-0.3, -0.25) is 0 Å². The summed E-state index contributed by atoms with van der Waals surface area (Å²) in [6.07, 6.45) is 11.9. The van der Waals surface area contributed by atoms with Crippen LogP contribution >= 0.6 is 15.9 Å². The normalized spacial score (nSPS) is 11.5. The van der Waals surface area contributed by atoms with E-state index < -0.39 is 0 Å². The molecule has 24 heavy (non-hydrogen) atoms. The van der Waals surface area contributed by atoms with Gasteiger partial charge in [0, 0.05) is 24.3 Å².